The summed E-state index contributed by atoms with van der Waals surface area (Å²) in [5, 5.41) is 2.71. The molecule has 1 aliphatic heterocycles. The number of nitrogens with zero attached hydrogens (tertiary/aromatic N) is 1. The van der Waals surface area contributed by atoms with E-state index in [0.717, 1.165) is 54.1 Å². The molecule has 0 aromatic heterocycles. The van der Waals surface area contributed by atoms with Crippen molar-refractivity contribution in [3.8, 4) is 0 Å². The molecule has 5 heteroatoms. The molecule has 164 valence electrons. The van der Waals surface area contributed by atoms with Gasteiger partial charge < -0.3 is 10.2 Å². The van der Waals surface area contributed by atoms with Crippen LogP contribution in [-0.4, -0.2) is 29.8 Å². The molecule has 0 radical (unpaired) electrons. The number of anilines is 1. The highest BCUT2D eigenvalue weighted by atomic mass is 32.2. The summed E-state index contributed by atoms with van der Waals surface area (Å²) in [5.74, 6) is 0.186. The van der Waals surface area contributed by atoms with Gasteiger partial charge in [0.1, 0.15) is 5.25 Å². The first-order valence-corrected chi connectivity index (χ1v) is 12.0. The van der Waals surface area contributed by atoms with Gasteiger partial charge in [0.2, 0.25) is 11.8 Å². The highest BCUT2D eigenvalue weighted by Gasteiger charge is 2.22. The predicted octanol–water partition coefficient (Wildman–Crippen LogP) is 5.71. The number of carbonyl (C=O) groups is 2. The summed E-state index contributed by atoms with van der Waals surface area (Å²) < 4.78 is 0. The second-order valence-electron chi connectivity index (χ2n) is 8.00. The van der Waals surface area contributed by atoms with Gasteiger partial charge in [-0.25, -0.2) is 0 Å². The van der Waals surface area contributed by atoms with Gasteiger partial charge in [0.15, 0.2) is 0 Å². The smallest absolute Gasteiger partial charge is 0.242 e. The van der Waals surface area contributed by atoms with E-state index < -0.39 is 0 Å². The zero-order chi connectivity index (χ0) is 22.2. The molecule has 3 aromatic rings. The van der Waals surface area contributed by atoms with Crippen LogP contribution in [0.25, 0.3) is 0 Å². The number of thioether (sulfide) groups is 1. The quantitative estimate of drug-likeness (QED) is 0.453. The number of likely N-dealkylation sites (tertiary alicyclic amines) is 1. The second kappa shape index (κ2) is 11.0. The number of rotatable bonds is 8. The molecule has 4 rings (SSSR count). The van der Waals surface area contributed by atoms with Crippen LogP contribution in [0.2, 0.25) is 0 Å². The minimum Gasteiger partial charge on any atom is -0.343 e. The van der Waals surface area contributed by atoms with Crippen molar-refractivity contribution in [1.29, 1.82) is 0 Å². The third kappa shape index (κ3) is 6.01. The molecule has 0 spiro atoms. The molecule has 1 N–H and O–H groups in total. The summed E-state index contributed by atoms with van der Waals surface area (Å²) in [6, 6.07) is 27.7. The second-order valence-corrected chi connectivity index (χ2v) is 9.17. The largest absolute Gasteiger partial charge is 0.343 e. The summed E-state index contributed by atoms with van der Waals surface area (Å²) >= 11 is 1.54. The SMILES string of the molecule is O=C(Nc1ccc(CCC(=O)N2CCCC2)cc1)C(Sc1ccccc1)c1ccccc1. The van der Waals surface area contributed by atoms with Crippen LogP contribution < -0.4 is 5.32 Å². The van der Waals surface area contributed by atoms with Crippen LogP contribution in [0.3, 0.4) is 0 Å². The van der Waals surface area contributed by atoms with Crippen LogP contribution in [0.15, 0.2) is 89.8 Å². The molecule has 4 nitrogen and oxygen atoms in total. The molecule has 0 bridgehead atoms. The molecule has 0 saturated carbocycles. The molecule has 32 heavy (non-hydrogen) atoms. The van der Waals surface area contributed by atoms with Gasteiger partial charge in [-0.2, -0.15) is 0 Å². The van der Waals surface area contributed by atoms with Gasteiger partial charge in [-0.15, -0.1) is 11.8 Å². The van der Waals surface area contributed by atoms with Crippen molar-refractivity contribution >= 4 is 29.3 Å². The Labute approximate surface area is 194 Å². The number of hydrogen-bond donors (Lipinski definition) is 1. The van der Waals surface area contributed by atoms with Crippen molar-refractivity contribution in [3.63, 3.8) is 0 Å². The minimum atomic E-state index is -0.351. The standard InChI is InChI=1S/C27H28N2O2S/c30-25(29-19-7-8-20-29)18-15-21-13-16-23(17-14-21)28-27(31)26(22-9-3-1-4-10-22)32-24-11-5-2-6-12-24/h1-6,9-14,16-17,26H,7-8,15,18-20H2,(H,28,31). The Balaban J connectivity index is 1.38. The van der Waals surface area contributed by atoms with E-state index in [2.05, 4.69) is 5.32 Å². The van der Waals surface area contributed by atoms with Crippen LogP contribution >= 0.6 is 11.8 Å². The fourth-order valence-electron chi connectivity index (χ4n) is 3.87. The van der Waals surface area contributed by atoms with E-state index in [1.807, 2.05) is 89.8 Å². The zero-order valence-corrected chi connectivity index (χ0v) is 18.9. The zero-order valence-electron chi connectivity index (χ0n) is 18.1. The Kier molecular flexibility index (Phi) is 7.62. The summed E-state index contributed by atoms with van der Waals surface area (Å²) in [5.41, 5.74) is 2.84. The monoisotopic (exact) mass is 444 g/mol. The van der Waals surface area contributed by atoms with E-state index in [4.69, 9.17) is 0 Å². The van der Waals surface area contributed by atoms with Gasteiger partial charge >= 0.3 is 0 Å². The average Bonchev–Trinajstić information content (AvgIpc) is 3.38. The highest BCUT2D eigenvalue weighted by Crippen LogP contribution is 2.36. The van der Waals surface area contributed by atoms with Crippen LogP contribution in [-0.2, 0) is 16.0 Å². The predicted molar refractivity (Wildman–Crippen MR) is 131 cm³/mol. The molecular weight excluding hydrogens is 416 g/mol. The maximum absolute atomic E-state index is 13.2. The first-order valence-electron chi connectivity index (χ1n) is 11.1. The number of benzene rings is 3. The van der Waals surface area contributed by atoms with Gasteiger partial charge in [-0.3, -0.25) is 9.59 Å². The van der Waals surface area contributed by atoms with Crippen molar-refractivity contribution in [2.45, 2.75) is 35.8 Å². The molecule has 1 atom stereocenters. The Bertz CT molecular complexity index is 1020. The average molecular weight is 445 g/mol. The van der Waals surface area contributed by atoms with Gasteiger partial charge in [-0.05, 0) is 54.7 Å². The first-order chi connectivity index (χ1) is 15.7. The molecule has 0 aliphatic carbocycles. The lowest BCUT2D eigenvalue weighted by molar-refractivity contribution is -0.130. The van der Waals surface area contributed by atoms with Crippen LogP contribution in [0, 0.1) is 0 Å². The summed E-state index contributed by atoms with van der Waals surface area (Å²) in [6.45, 7) is 1.79. The molecular formula is C27H28N2O2S. The molecule has 1 saturated heterocycles. The third-order valence-corrected chi connectivity index (χ3v) is 6.91. The summed E-state index contributed by atoms with van der Waals surface area (Å²) in [6.07, 6.45) is 3.49. The molecule has 1 heterocycles. The van der Waals surface area contributed by atoms with E-state index in [-0.39, 0.29) is 17.1 Å². The topological polar surface area (TPSA) is 49.4 Å². The Morgan fingerprint density at radius 3 is 2.12 bits per heavy atom. The highest BCUT2D eigenvalue weighted by molar-refractivity contribution is 8.00. The van der Waals surface area contributed by atoms with E-state index in [1.165, 1.54) is 0 Å². The number of carbonyl (C=O) groups excluding carboxylic acids is 2. The van der Waals surface area contributed by atoms with Crippen LogP contribution in [0.1, 0.15) is 35.6 Å². The number of nitrogens with one attached hydrogen (secondary N) is 1. The lowest BCUT2D eigenvalue weighted by Gasteiger charge is -2.17. The van der Waals surface area contributed by atoms with Crippen molar-refractivity contribution in [2.75, 3.05) is 18.4 Å². The lowest BCUT2D eigenvalue weighted by atomic mass is 10.1. The number of aryl methyl sites for hydroxylation is 1. The van der Waals surface area contributed by atoms with Crippen LogP contribution in [0.4, 0.5) is 5.69 Å². The molecule has 1 fully saturated rings. The number of hydrogen-bond acceptors (Lipinski definition) is 3. The van der Waals surface area contributed by atoms with Gasteiger partial charge in [0.05, 0.1) is 0 Å². The van der Waals surface area contributed by atoms with E-state index in [1.54, 1.807) is 11.8 Å². The summed E-state index contributed by atoms with van der Waals surface area (Å²) in [4.78, 5) is 28.5. The normalized spacial score (nSPS) is 14.2. The fourth-order valence-corrected chi connectivity index (χ4v) is 4.92. The maximum Gasteiger partial charge on any atom is 0.242 e. The molecule has 1 aliphatic rings. The fraction of sp³-hybridized carbons (Fsp3) is 0.259. The Morgan fingerprint density at radius 2 is 1.47 bits per heavy atom. The van der Waals surface area contributed by atoms with Gasteiger partial charge in [-0.1, -0.05) is 60.7 Å². The first kappa shape index (κ1) is 22.2. The lowest BCUT2D eigenvalue weighted by Crippen LogP contribution is -2.27. The van der Waals surface area contributed by atoms with Gasteiger partial charge in [0, 0.05) is 30.1 Å². The third-order valence-electron chi connectivity index (χ3n) is 5.65. The van der Waals surface area contributed by atoms with E-state index in [0.29, 0.717) is 6.42 Å². The van der Waals surface area contributed by atoms with Crippen molar-refractivity contribution in [3.05, 3.63) is 96.1 Å². The van der Waals surface area contributed by atoms with Gasteiger partial charge in [0.25, 0.3) is 0 Å². The number of amides is 2. The van der Waals surface area contributed by atoms with E-state index in [9.17, 15) is 9.59 Å². The van der Waals surface area contributed by atoms with E-state index >= 15 is 0 Å². The maximum atomic E-state index is 13.2. The van der Waals surface area contributed by atoms with Crippen LogP contribution in [0.5, 0.6) is 0 Å². The minimum absolute atomic E-state index is 0.0537. The van der Waals surface area contributed by atoms with Crippen molar-refractivity contribution in [1.82, 2.24) is 4.90 Å². The molecule has 1 unspecified atom stereocenters. The summed E-state index contributed by atoms with van der Waals surface area (Å²) in [7, 11) is 0. The molecule has 2 amide bonds. The van der Waals surface area contributed by atoms with Crippen molar-refractivity contribution in [2.24, 2.45) is 0 Å². The van der Waals surface area contributed by atoms with Crippen molar-refractivity contribution < 1.29 is 9.59 Å². The molecule has 3 aromatic carbocycles. The Morgan fingerprint density at radius 1 is 0.844 bits per heavy atom. The Hall–Kier alpha value is -3.05.